The molecule has 0 aromatic carbocycles. The van der Waals surface area contributed by atoms with Gasteiger partial charge in [-0.05, 0) is 32.7 Å². The summed E-state index contributed by atoms with van der Waals surface area (Å²) < 4.78 is 5.69. The largest absolute Gasteiger partial charge is 0.481 e. The van der Waals surface area contributed by atoms with Crippen LogP contribution in [-0.2, 0) is 9.53 Å². The Morgan fingerprint density at radius 2 is 2.11 bits per heavy atom. The molecule has 4 nitrogen and oxygen atoms in total. The average Bonchev–Trinajstić information content (AvgIpc) is 2.30. The number of hydrogen-bond donors (Lipinski definition) is 2. The number of unbranched alkanes of at least 4 members (excludes halogenated alkanes) is 2. The number of carbonyl (C=O) groups is 1. The molecule has 2 unspecified atom stereocenters. The molecular weight excluding hydrogens is 230 g/mol. The Hall–Kier alpha value is -0.610. The second-order valence-electron chi connectivity index (χ2n) is 5.71. The molecule has 18 heavy (non-hydrogen) atoms. The third kappa shape index (κ3) is 4.25. The minimum absolute atomic E-state index is 0.219. The molecule has 0 aromatic heterocycles. The first-order valence-corrected chi connectivity index (χ1v) is 7.05. The second-order valence-corrected chi connectivity index (χ2v) is 5.71. The standard InChI is InChI=1S/C14H27NO3/c1-4-18-12-10-11(14(12,2)3)15-9-7-5-6-8-13(16)17/h11-12,15H,4-10H2,1-3H3,(H,16,17). The zero-order chi connectivity index (χ0) is 13.6. The smallest absolute Gasteiger partial charge is 0.303 e. The van der Waals surface area contributed by atoms with Gasteiger partial charge in [-0.2, -0.15) is 0 Å². The van der Waals surface area contributed by atoms with E-state index in [9.17, 15) is 4.79 Å². The lowest BCUT2D eigenvalue weighted by atomic mass is 9.64. The van der Waals surface area contributed by atoms with E-state index in [-0.39, 0.29) is 5.41 Å². The molecule has 106 valence electrons. The summed E-state index contributed by atoms with van der Waals surface area (Å²) in [5.74, 6) is -0.692. The minimum Gasteiger partial charge on any atom is -0.481 e. The van der Waals surface area contributed by atoms with Gasteiger partial charge in [-0.15, -0.1) is 0 Å². The van der Waals surface area contributed by atoms with E-state index in [1.807, 2.05) is 6.92 Å². The molecule has 0 heterocycles. The van der Waals surface area contributed by atoms with Crippen LogP contribution < -0.4 is 5.32 Å². The maximum atomic E-state index is 10.3. The maximum absolute atomic E-state index is 10.3. The van der Waals surface area contributed by atoms with Crippen LogP contribution >= 0.6 is 0 Å². The van der Waals surface area contributed by atoms with E-state index < -0.39 is 5.97 Å². The van der Waals surface area contributed by atoms with Gasteiger partial charge in [-0.3, -0.25) is 4.79 Å². The van der Waals surface area contributed by atoms with Crippen LogP contribution in [0.25, 0.3) is 0 Å². The van der Waals surface area contributed by atoms with E-state index in [1.54, 1.807) is 0 Å². The van der Waals surface area contributed by atoms with Crippen LogP contribution in [0, 0.1) is 5.41 Å². The number of hydrogen-bond acceptors (Lipinski definition) is 3. The zero-order valence-electron chi connectivity index (χ0n) is 11.9. The van der Waals surface area contributed by atoms with Crippen LogP contribution in [0.1, 0.15) is 52.9 Å². The number of nitrogens with one attached hydrogen (secondary N) is 1. The van der Waals surface area contributed by atoms with Gasteiger partial charge in [0, 0.05) is 24.5 Å². The van der Waals surface area contributed by atoms with E-state index in [2.05, 4.69) is 19.2 Å². The van der Waals surface area contributed by atoms with Crippen molar-refractivity contribution in [1.82, 2.24) is 5.32 Å². The summed E-state index contributed by atoms with van der Waals surface area (Å²) in [6.45, 7) is 8.31. The molecule has 2 atom stereocenters. The van der Waals surface area contributed by atoms with Gasteiger partial charge in [0.15, 0.2) is 0 Å². The number of carboxylic acid groups (broad SMARTS) is 1. The van der Waals surface area contributed by atoms with Gasteiger partial charge in [-0.25, -0.2) is 0 Å². The highest BCUT2D eigenvalue weighted by Crippen LogP contribution is 2.42. The SMILES string of the molecule is CCOC1CC(NCCCCCC(=O)O)C1(C)C. The lowest BCUT2D eigenvalue weighted by Crippen LogP contribution is -2.61. The molecule has 0 saturated heterocycles. The molecule has 0 spiro atoms. The zero-order valence-corrected chi connectivity index (χ0v) is 11.9. The van der Waals surface area contributed by atoms with Crippen molar-refractivity contribution >= 4 is 5.97 Å². The fourth-order valence-corrected chi connectivity index (χ4v) is 2.57. The summed E-state index contributed by atoms with van der Waals surface area (Å²) in [6, 6.07) is 0.536. The Bertz CT molecular complexity index is 266. The van der Waals surface area contributed by atoms with Gasteiger partial charge in [0.1, 0.15) is 0 Å². The summed E-state index contributed by atoms with van der Waals surface area (Å²) in [5, 5.41) is 12.1. The first-order valence-electron chi connectivity index (χ1n) is 7.05. The molecule has 1 fully saturated rings. The maximum Gasteiger partial charge on any atom is 0.303 e. The summed E-state index contributed by atoms with van der Waals surface area (Å²) in [6.07, 6.45) is 4.59. The van der Waals surface area contributed by atoms with E-state index in [1.165, 1.54) is 0 Å². The Morgan fingerprint density at radius 3 is 2.67 bits per heavy atom. The first-order chi connectivity index (χ1) is 8.48. The molecule has 1 saturated carbocycles. The van der Waals surface area contributed by atoms with Crippen molar-refractivity contribution in [3.05, 3.63) is 0 Å². The van der Waals surface area contributed by atoms with Crippen molar-refractivity contribution in [3.8, 4) is 0 Å². The van der Waals surface area contributed by atoms with Crippen LogP contribution in [0.3, 0.4) is 0 Å². The van der Waals surface area contributed by atoms with Crippen LogP contribution in [0.2, 0.25) is 0 Å². The van der Waals surface area contributed by atoms with Crippen molar-refractivity contribution in [3.63, 3.8) is 0 Å². The van der Waals surface area contributed by atoms with Gasteiger partial charge in [-0.1, -0.05) is 20.3 Å². The van der Waals surface area contributed by atoms with Crippen LogP contribution in [0.15, 0.2) is 0 Å². The highest BCUT2D eigenvalue weighted by molar-refractivity contribution is 5.66. The Balaban J connectivity index is 2.05. The van der Waals surface area contributed by atoms with Crippen LogP contribution in [-0.4, -0.2) is 36.4 Å². The molecule has 0 aliphatic heterocycles. The van der Waals surface area contributed by atoms with Crippen molar-refractivity contribution in [2.45, 2.75) is 65.0 Å². The molecule has 0 radical (unpaired) electrons. The van der Waals surface area contributed by atoms with Crippen molar-refractivity contribution in [1.29, 1.82) is 0 Å². The molecule has 1 aliphatic rings. The molecular formula is C14H27NO3. The van der Waals surface area contributed by atoms with Gasteiger partial charge in [0.2, 0.25) is 0 Å². The normalized spacial score (nSPS) is 25.7. The minimum atomic E-state index is -0.692. The van der Waals surface area contributed by atoms with Gasteiger partial charge < -0.3 is 15.2 Å². The summed E-state index contributed by atoms with van der Waals surface area (Å²) >= 11 is 0. The lowest BCUT2D eigenvalue weighted by Gasteiger charge is -2.52. The number of ether oxygens (including phenoxy) is 1. The molecule has 4 heteroatoms. The molecule has 1 rings (SSSR count). The van der Waals surface area contributed by atoms with Gasteiger partial charge in [0.05, 0.1) is 6.10 Å². The lowest BCUT2D eigenvalue weighted by molar-refractivity contribution is -0.137. The van der Waals surface area contributed by atoms with E-state index in [0.717, 1.165) is 38.8 Å². The molecule has 0 bridgehead atoms. The first kappa shape index (κ1) is 15.4. The van der Waals surface area contributed by atoms with Crippen molar-refractivity contribution in [2.75, 3.05) is 13.2 Å². The molecule has 1 aliphatic carbocycles. The summed E-state index contributed by atoms with van der Waals surface area (Å²) in [4.78, 5) is 10.3. The Kier molecular flexibility index (Phi) is 6.09. The topological polar surface area (TPSA) is 58.6 Å². The Morgan fingerprint density at radius 1 is 1.39 bits per heavy atom. The summed E-state index contributed by atoms with van der Waals surface area (Å²) in [7, 11) is 0. The van der Waals surface area contributed by atoms with E-state index in [0.29, 0.717) is 18.6 Å². The van der Waals surface area contributed by atoms with Crippen LogP contribution in [0.5, 0.6) is 0 Å². The Labute approximate surface area is 110 Å². The van der Waals surface area contributed by atoms with Crippen molar-refractivity contribution < 1.29 is 14.6 Å². The highest BCUT2D eigenvalue weighted by Gasteiger charge is 2.48. The molecule has 0 aromatic rings. The van der Waals surface area contributed by atoms with E-state index in [4.69, 9.17) is 9.84 Å². The second kappa shape index (κ2) is 7.10. The third-order valence-corrected chi connectivity index (χ3v) is 4.00. The fourth-order valence-electron chi connectivity index (χ4n) is 2.57. The van der Waals surface area contributed by atoms with Gasteiger partial charge in [0.25, 0.3) is 0 Å². The number of rotatable bonds is 9. The van der Waals surface area contributed by atoms with Gasteiger partial charge >= 0.3 is 5.97 Å². The molecule has 2 N–H and O–H groups in total. The third-order valence-electron chi connectivity index (χ3n) is 4.00. The van der Waals surface area contributed by atoms with E-state index >= 15 is 0 Å². The molecule has 0 amide bonds. The monoisotopic (exact) mass is 257 g/mol. The average molecular weight is 257 g/mol. The highest BCUT2D eigenvalue weighted by atomic mass is 16.5. The number of aliphatic carboxylic acids is 1. The summed E-state index contributed by atoms with van der Waals surface area (Å²) in [5.41, 5.74) is 0.219. The number of carboxylic acids is 1. The quantitative estimate of drug-likeness (QED) is 0.623. The predicted octanol–water partition coefficient (Wildman–Crippen LogP) is 2.42. The predicted molar refractivity (Wildman–Crippen MR) is 71.7 cm³/mol. The van der Waals surface area contributed by atoms with Crippen LogP contribution in [0.4, 0.5) is 0 Å². The van der Waals surface area contributed by atoms with Crippen molar-refractivity contribution in [2.24, 2.45) is 5.41 Å². The fraction of sp³-hybridized carbons (Fsp3) is 0.929.